The van der Waals surface area contributed by atoms with Crippen molar-refractivity contribution < 1.29 is 53.8 Å². The Hall–Kier alpha value is 3.69. The second kappa shape index (κ2) is 47.1. The van der Waals surface area contributed by atoms with Crippen molar-refractivity contribution in [3.8, 4) is 0 Å². The van der Waals surface area contributed by atoms with Crippen molar-refractivity contribution in [2.45, 2.75) is 152 Å². The molecule has 1 heterocycles. The molecule has 302 valence electrons. The number of carbonyl (C=O) groups excluding carboxylic acids is 1. The van der Waals surface area contributed by atoms with Crippen molar-refractivity contribution in [3.63, 3.8) is 0 Å². The molecule has 0 saturated carbocycles. The van der Waals surface area contributed by atoms with Gasteiger partial charge in [-0.1, -0.05) is 0 Å². The normalized spacial score (nSPS) is 14.8. The Morgan fingerprint density at radius 1 is 0.540 bits per heavy atom. The van der Waals surface area contributed by atoms with E-state index in [0.717, 1.165) is 0 Å². The summed E-state index contributed by atoms with van der Waals surface area (Å²) >= 11 is -2.75. The first-order chi connectivity index (χ1) is 23.5. The Morgan fingerprint density at radius 3 is 0.820 bits per heavy atom. The van der Waals surface area contributed by atoms with Crippen LogP contribution in [0.15, 0.2) is 0 Å². The van der Waals surface area contributed by atoms with E-state index in [-0.39, 0.29) is 45.3 Å². The van der Waals surface area contributed by atoms with Gasteiger partial charge in [-0.05, 0) is 0 Å². The minimum Gasteiger partial charge on any atom is -0.469 e. The van der Waals surface area contributed by atoms with Crippen molar-refractivity contribution in [2.75, 3.05) is 60.1 Å². The molecule has 0 aliphatic carbocycles. The van der Waals surface area contributed by atoms with Crippen LogP contribution in [-0.4, -0.2) is 128 Å². The van der Waals surface area contributed by atoms with Crippen molar-refractivity contribution in [2.24, 2.45) is 0 Å². The maximum Gasteiger partial charge on any atom is 0.302 e. The molecule has 1 aliphatic heterocycles. The molecule has 50 heavy (non-hydrogen) atoms. The zero-order valence-electron chi connectivity index (χ0n) is 34.3. The molecule has 15 heteroatoms. The van der Waals surface area contributed by atoms with Crippen molar-refractivity contribution in [1.82, 2.24) is 0 Å². The van der Waals surface area contributed by atoms with E-state index in [1.165, 1.54) is 52.6 Å². The molecule has 0 amide bonds. The Labute approximate surface area is 345 Å². The Balaban J connectivity index is -0.000000275. The Morgan fingerprint density at radius 2 is 0.740 bits per heavy atom. The maximum absolute atomic E-state index is 9.59. The summed E-state index contributed by atoms with van der Waals surface area (Å²) in [6.07, 6.45) is 26.9. The summed E-state index contributed by atoms with van der Waals surface area (Å²) in [5.41, 5.74) is 0. The number of methoxy groups -OCH3 is 3. The molecule has 1 aliphatic rings. The van der Waals surface area contributed by atoms with E-state index in [9.17, 15) is 4.79 Å². The van der Waals surface area contributed by atoms with Gasteiger partial charge in [0.25, 0.3) is 0 Å². The van der Waals surface area contributed by atoms with Crippen LogP contribution in [0, 0.1) is 0 Å². The van der Waals surface area contributed by atoms with Gasteiger partial charge in [0.15, 0.2) is 0 Å². The van der Waals surface area contributed by atoms with E-state index in [1.54, 1.807) is 79.4 Å². The molecule has 0 bridgehead atoms. The molecule has 0 spiro atoms. The number of carbonyl (C=O) groups is 1. The fraction of sp³-hybridized carbons (Fsp3) is 0.971. The summed E-state index contributed by atoms with van der Waals surface area (Å²) in [6.45, 7) is 17.4. The second-order valence-corrected chi connectivity index (χ2v) is 115. The Bertz CT molecular complexity index is 572. The van der Waals surface area contributed by atoms with Gasteiger partial charge in [-0.3, -0.25) is 4.79 Å². The molecule has 3 N–H and O–H groups in total. The van der Waals surface area contributed by atoms with Gasteiger partial charge in [-0.2, -0.15) is 12.6 Å². The van der Waals surface area contributed by atoms with E-state index in [0.29, 0.717) is 19.0 Å². The molecular formula is C35H82O7S4Sn3Zn. The molecule has 0 radical (unpaired) electrons. The van der Waals surface area contributed by atoms with Gasteiger partial charge in [-0.25, -0.2) is 0 Å². The minimum absolute atomic E-state index is 0. The van der Waals surface area contributed by atoms with Crippen molar-refractivity contribution >= 4 is 83.8 Å². The van der Waals surface area contributed by atoms with E-state index in [2.05, 4.69) is 86.8 Å². The van der Waals surface area contributed by atoms with Crippen LogP contribution in [-0.2, 0) is 38.5 Å². The maximum atomic E-state index is 9.59. The average molecular weight is 1160 g/mol. The third kappa shape index (κ3) is 38.6. The van der Waals surface area contributed by atoms with Crippen LogP contribution in [0.2, 0.25) is 26.6 Å². The molecule has 0 unspecified atom stereocenters. The number of aliphatic hydroxyl groups is 3. The number of unbranched alkanes of at least 4 members (excludes halogenated alkanes) is 6. The molecule has 7 nitrogen and oxygen atoms in total. The predicted molar refractivity (Wildman–Crippen MR) is 235 cm³/mol. The molecular weight excluding hydrogens is 1080 g/mol. The topological polar surface area (TPSA) is 105 Å². The van der Waals surface area contributed by atoms with Gasteiger partial charge in [0.1, 0.15) is 0 Å². The van der Waals surface area contributed by atoms with E-state index in [4.69, 9.17) is 15.3 Å². The molecule has 1 fully saturated rings. The smallest absolute Gasteiger partial charge is 0.302 e. The number of esters is 1. The third-order valence-corrected chi connectivity index (χ3v) is 260. The number of hydrogen-bond donors (Lipinski definition) is 4. The molecule has 0 atom stereocenters. The summed E-state index contributed by atoms with van der Waals surface area (Å²) < 4.78 is 23.5. The fourth-order valence-electron chi connectivity index (χ4n) is 4.93. The number of hydrogen-bond acceptors (Lipinski definition) is 11. The van der Waals surface area contributed by atoms with E-state index < -0.39 is 46.8 Å². The number of ether oxygens (including phenoxy) is 3. The van der Waals surface area contributed by atoms with Crippen LogP contribution in [0.25, 0.3) is 0 Å². The predicted octanol–water partition coefficient (Wildman–Crippen LogP) is 10.7. The fourth-order valence-corrected chi connectivity index (χ4v) is 573. The first kappa shape index (κ1) is 62.9. The zero-order valence-corrected chi connectivity index (χ0v) is 49.2. The van der Waals surface area contributed by atoms with Gasteiger partial charge in [-0.15, -0.1) is 0 Å². The third-order valence-electron chi connectivity index (χ3n) is 7.56. The summed E-state index contributed by atoms with van der Waals surface area (Å²) in [5, 5.41) is 23.7. The van der Waals surface area contributed by atoms with Gasteiger partial charge >= 0.3 is 216 Å². The average Bonchev–Trinajstić information content (AvgIpc) is 3.11. The molecule has 0 aromatic heterocycles. The summed E-state index contributed by atoms with van der Waals surface area (Å²) in [6, 6.07) is 0. The van der Waals surface area contributed by atoms with Gasteiger partial charge < -0.3 is 29.5 Å². The second-order valence-electron chi connectivity index (χ2n) is 12.2. The molecule has 1 rings (SSSR count). The molecule has 0 aromatic rings. The van der Waals surface area contributed by atoms with E-state index in [1.807, 2.05) is 0 Å². The SMILES string of the molecule is CCC[CH2][Sn]1([CH2]CCC)[S][Sn]([CH2]CCC)([CH2]CCC)[S][Sn]([CH2]CCC)([CH2]CCC)[S]1.COC(C)=O.COCCO.COCCO.OCCS.[Zn]. The van der Waals surface area contributed by atoms with Crippen molar-refractivity contribution in [3.05, 3.63) is 0 Å². The number of thiol groups is 1. The van der Waals surface area contributed by atoms with Gasteiger partial charge in [0.05, 0.1) is 40.1 Å². The molecule has 0 aromatic carbocycles. The van der Waals surface area contributed by atoms with Gasteiger partial charge in [0.2, 0.25) is 0 Å². The summed E-state index contributed by atoms with van der Waals surface area (Å²) in [7, 11) is 4.45. The molecule has 1 saturated heterocycles. The first-order valence-electron chi connectivity index (χ1n) is 19.1. The van der Waals surface area contributed by atoms with Gasteiger partial charge in [0, 0.05) is 46.4 Å². The van der Waals surface area contributed by atoms with Crippen LogP contribution >= 0.6 is 31.0 Å². The number of aliphatic hydroxyl groups excluding tert-OH is 3. The Kier molecular flexibility index (Phi) is 59.2. The van der Waals surface area contributed by atoms with Crippen molar-refractivity contribution in [1.29, 1.82) is 0 Å². The largest absolute Gasteiger partial charge is 0.469 e. The summed E-state index contributed by atoms with van der Waals surface area (Å²) in [5.74, 6) is 0.324. The summed E-state index contributed by atoms with van der Waals surface area (Å²) in [4.78, 5) is 9.59. The van der Waals surface area contributed by atoms with E-state index >= 15 is 0 Å². The standard InChI is InChI=1S/6C4H9.2C3H8O2.C3H6O2.C2H6OS.3S.3Sn.Zn/c6*1-3-4-2;2*1-5-3-2-4;1-3(4)5-2;3-1-2-4;;;;;;;/h6*1,3-4H2,2H3;2*4H,2-3H2,1H3;1-2H3;3-4H,1-2H2;;;;;;;. The first-order valence-corrected chi connectivity index (χ1v) is 55.2. The van der Waals surface area contributed by atoms with Crippen LogP contribution in [0.3, 0.4) is 0 Å². The minimum atomic E-state index is -2.14. The van der Waals surface area contributed by atoms with Crippen LogP contribution in [0.4, 0.5) is 0 Å². The zero-order chi connectivity index (χ0) is 38.3. The van der Waals surface area contributed by atoms with Crippen LogP contribution < -0.4 is 0 Å². The quantitative estimate of drug-likeness (QED) is 0.0449. The van der Waals surface area contributed by atoms with Crippen LogP contribution in [0.1, 0.15) is 126 Å². The van der Waals surface area contributed by atoms with Crippen LogP contribution in [0.5, 0.6) is 0 Å². The number of rotatable bonds is 23. The monoisotopic (exact) mass is 1170 g/mol.